The number of carbonyl (C=O) groups is 1. The van der Waals surface area contributed by atoms with E-state index in [0.717, 1.165) is 0 Å². The molecule has 0 spiro atoms. The number of non-ortho nitro benzene ring substituents is 1. The molecule has 0 bridgehead atoms. The summed E-state index contributed by atoms with van der Waals surface area (Å²) in [7, 11) is -1.50. The number of nitro groups is 1. The molecular weight excluding hydrogens is 416 g/mol. The van der Waals surface area contributed by atoms with E-state index >= 15 is 0 Å². The molecule has 150 valence electrons. The molecule has 0 aliphatic rings. The van der Waals surface area contributed by atoms with E-state index in [1.54, 1.807) is 34.6 Å². The molecule has 1 aromatic carbocycles. The molecule has 0 saturated heterocycles. The predicted octanol–water partition coefficient (Wildman–Crippen LogP) is 0.845. The van der Waals surface area contributed by atoms with Crippen LogP contribution in [0.25, 0.3) is 0 Å². The van der Waals surface area contributed by atoms with Crippen LogP contribution in [0.3, 0.4) is 0 Å². The molecule has 0 aliphatic carbocycles. The van der Waals surface area contributed by atoms with Crippen molar-refractivity contribution in [2.24, 2.45) is 0 Å². The van der Waals surface area contributed by atoms with Crippen LogP contribution in [0.1, 0.15) is 48.5 Å². The molecule has 0 aromatic heterocycles. The van der Waals surface area contributed by atoms with Crippen LogP contribution >= 0.6 is 0 Å². The third kappa shape index (κ3) is 7.26. The predicted molar refractivity (Wildman–Crippen MR) is 105 cm³/mol. The zero-order valence-corrected chi connectivity index (χ0v) is 18.8. The van der Waals surface area contributed by atoms with E-state index < -0.39 is 49.4 Å². The van der Waals surface area contributed by atoms with Crippen molar-refractivity contribution in [1.82, 2.24) is 0 Å². The van der Waals surface area contributed by atoms with Gasteiger partial charge in [0.25, 0.3) is 0 Å². The second-order valence-corrected chi connectivity index (χ2v) is 10.8. The van der Waals surface area contributed by atoms with Crippen LogP contribution in [0, 0.1) is 10.1 Å². The minimum absolute atomic E-state index is 0.142. The Bertz CT molecular complexity index is 710. The number of carbonyl (C=O) groups excluding carboxylic acids is 1. The second kappa shape index (κ2) is 8.31. The summed E-state index contributed by atoms with van der Waals surface area (Å²) in [6.45, 7) is 11.5. The van der Waals surface area contributed by atoms with Crippen molar-refractivity contribution in [2.45, 2.75) is 65.3 Å². The summed E-state index contributed by atoms with van der Waals surface area (Å²) in [6, 6.07) is 4.00. The van der Waals surface area contributed by atoms with Crippen LogP contribution in [0.2, 0.25) is 0 Å². The van der Waals surface area contributed by atoms with Gasteiger partial charge in [-0.2, -0.15) is 0 Å². The Hall–Kier alpha value is -1.41. The molecular formula is C17H27AsBNO7. The molecule has 0 aliphatic heterocycles. The Morgan fingerprint density at radius 3 is 2.15 bits per heavy atom. The van der Waals surface area contributed by atoms with E-state index in [9.17, 15) is 25.0 Å². The Balaban J connectivity index is 3.15. The molecule has 0 heterocycles. The van der Waals surface area contributed by atoms with Gasteiger partial charge in [0.1, 0.15) is 0 Å². The summed E-state index contributed by atoms with van der Waals surface area (Å²) < 4.78 is 10.9. The Kier molecular flexibility index (Phi) is 7.27. The van der Waals surface area contributed by atoms with Gasteiger partial charge in [0.15, 0.2) is 0 Å². The van der Waals surface area contributed by atoms with Crippen molar-refractivity contribution in [1.29, 1.82) is 0 Å². The molecule has 27 heavy (non-hydrogen) atoms. The quantitative estimate of drug-likeness (QED) is 0.364. The van der Waals surface area contributed by atoms with Crippen molar-refractivity contribution in [3.63, 3.8) is 0 Å². The first-order chi connectivity index (χ1) is 12.0. The van der Waals surface area contributed by atoms with Gasteiger partial charge in [0, 0.05) is 0 Å². The van der Waals surface area contributed by atoms with E-state index in [-0.39, 0.29) is 11.2 Å². The number of hydrogen-bond acceptors (Lipinski definition) is 7. The third-order valence-electron chi connectivity index (χ3n) is 3.96. The van der Waals surface area contributed by atoms with Crippen molar-refractivity contribution < 1.29 is 29.2 Å². The number of aliphatic hydroxyl groups is 1. The monoisotopic (exact) mass is 443 g/mol. The van der Waals surface area contributed by atoms with Crippen LogP contribution in [0.4, 0.5) is 10.5 Å². The summed E-state index contributed by atoms with van der Waals surface area (Å²) >= 11 is -1.48. The summed E-state index contributed by atoms with van der Waals surface area (Å²) in [5, 5.41) is 31.8. The zero-order valence-electron chi connectivity index (χ0n) is 16.7. The summed E-state index contributed by atoms with van der Waals surface area (Å²) in [6.07, 6.45) is 0. The van der Waals surface area contributed by atoms with Crippen molar-refractivity contribution in [2.75, 3.05) is 0 Å². The zero-order chi connectivity index (χ0) is 21.2. The van der Waals surface area contributed by atoms with Crippen LogP contribution in [0.15, 0.2) is 18.2 Å². The van der Waals surface area contributed by atoms with Crippen molar-refractivity contribution in [3.8, 4) is 0 Å². The maximum atomic E-state index is 12.1. The van der Waals surface area contributed by atoms with Gasteiger partial charge >= 0.3 is 166 Å². The van der Waals surface area contributed by atoms with Gasteiger partial charge in [-0.05, 0) is 0 Å². The maximum absolute atomic E-state index is 12.1. The fourth-order valence-electron chi connectivity index (χ4n) is 1.87. The SMILES string of the molecule is CC(C)(C)OC(=O)[AsH]c1cc(B(O)OC(C)(C)C(C)(C)O)cc([N+](=O)[O-])c1. The van der Waals surface area contributed by atoms with Crippen LogP contribution in [-0.2, 0) is 9.39 Å². The molecule has 1 unspecified atom stereocenters. The molecule has 0 amide bonds. The van der Waals surface area contributed by atoms with E-state index in [0.29, 0.717) is 4.35 Å². The van der Waals surface area contributed by atoms with Crippen LogP contribution < -0.4 is 9.81 Å². The van der Waals surface area contributed by atoms with E-state index in [4.69, 9.17) is 9.39 Å². The number of ether oxygens (including phenoxy) is 1. The summed E-state index contributed by atoms with van der Waals surface area (Å²) in [5.74, 6) is 0. The van der Waals surface area contributed by atoms with Gasteiger partial charge in [-0.1, -0.05) is 0 Å². The number of nitro benzene ring substituents is 1. The van der Waals surface area contributed by atoms with Crippen LogP contribution in [-0.4, -0.2) is 59.5 Å². The molecule has 0 fully saturated rings. The number of nitrogens with zero attached hydrogens (tertiary/aromatic N) is 1. The van der Waals surface area contributed by atoms with Gasteiger partial charge in [-0.15, -0.1) is 0 Å². The molecule has 0 saturated carbocycles. The van der Waals surface area contributed by atoms with E-state index in [1.165, 1.54) is 32.0 Å². The first-order valence-corrected chi connectivity index (χ1v) is 10.5. The second-order valence-electron chi connectivity index (χ2n) is 8.24. The fourth-order valence-corrected chi connectivity index (χ4v) is 4.07. The molecule has 1 aromatic rings. The van der Waals surface area contributed by atoms with E-state index in [2.05, 4.69) is 0 Å². The van der Waals surface area contributed by atoms with Gasteiger partial charge in [0.2, 0.25) is 0 Å². The van der Waals surface area contributed by atoms with Gasteiger partial charge in [-0.25, -0.2) is 0 Å². The topological polar surface area (TPSA) is 119 Å². The first-order valence-electron chi connectivity index (χ1n) is 8.39. The van der Waals surface area contributed by atoms with Crippen molar-refractivity contribution >= 4 is 43.1 Å². The number of rotatable bonds is 7. The van der Waals surface area contributed by atoms with Gasteiger partial charge < -0.3 is 0 Å². The Morgan fingerprint density at radius 1 is 1.15 bits per heavy atom. The average Bonchev–Trinajstić information content (AvgIpc) is 2.42. The van der Waals surface area contributed by atoms with Crippen molar-refractivity contribution in [3.05, 3.63) is 28.3 Å². The summed E-state index contributed by atoms with van der Waals surface area (Å²) in [4.78, 5) is 22.7. The molecule has 10 heteroatoms. The van der Waals surface area contributed by atoms with Crippen LogP contribution in [0.5, 0.6) is 0 Å². The normalized spacial score (nSPS) is 13.1. The molecule has 2 N–H and O–H groups in total. The average molecular weight is 443 g/mol. The Morgan fingerprint density at radius 2 is 1.70 bits per heavy atom. The third-order valence-corrected chi connectivity index (χ3v) is 5.81. The fraction of sp³-hybridized carbons (Fsp3) is 0.588. The number of benzene rings is 1. The molecule has 1 rings (SSSR count). The molecule has 8 nitrogen and oxygen atoms in total. The first kappa shape index (κ1) is 23.6. The molecule has 0 radical (unpaired) electrons. The summed E-state index contributed by atoms with van der Waals surface area (Å²) in [5.41, 5.74) is -3.15. The van der Waals surface area contributed by atoms with E-state index in [1.807, 2.05) is 0 Å². The standard InChI is InChI=1S/C17H27AsBNO7/c1-15(2,3)26-14(21)18-11-8-12(10-13(9-11)20(24)25)19(23)27-17(6,7)16(4,5)22/h8-10,18,22-23H,1-7H3. The minimum atomic E-state index is -1.50. The molecule has 1 atom stereocenters. The van der Waals surface area contributed by atoms with Gasteiger partial charge in [0.05, 0.1) is 0 Å². The Labute approximate surface area is 166 Å². The van der Waals surface area contributed by atoms with Gasteiger partial charge in [-0.3, -0.25) is 0 Å². The number of hydrogen-bond donors (Lipinski definition) is 2.